The van der Waals surface area contributed by atoms with Crippen LogP contribution >= 0.6 is 11.3 Å². The standard InChI is InChI=1S/C14H8N2O3S/c17-13(18)9-6-16-10(7-20-14(16)15-9)12-5-8-3-1-2-4-11(8)19-12/h1-7H,(H,17,18). The maximum atomic E-state index is 11.0. The van der Waals surface area contributed by atoms with Crippen molar-refractivity contribution in [3.8, 4) is 11.5 Å². The first kappa shape index (κ1) is 11.2. The van der Waals surface area contributed by atoms with Gasteiger partial charge in [0.1, 0.15) is 11.3 Å². The van der Waals surface area contributed by atoms with Gasteiger partial charge in [0.05, 0.1) is 0 Å². The quantitative estimate of drug-likeness (QED) is 0.611. The Morgan fingerprint density at radius 1 is 1.35 bits per heavy atom. The third-order valence-electron chi connectivity index (χ3n) is 3.11. The number of imidazole rings is 1. The summed E-state index contributed by atoms with van der Waals surface area (Å²) < 4.78 is 7.54. The van der Waals surface area contributed by atoms with Crippen molar-refractivity contribution in [3.63, 3.8) is 0 Å². The second-order valence-corrected chi connectivity index (χ2v) is 5.19. The first-order valence-electron chi connectivity index (χ1n) is 5.91. The number of rotatable bonds is 2. The molecule has 0 aliphatic rings. The first-order valence-corrected chi connectivity index (χ1v) is 6.79. The summed E-state index contributed by atoms with van der Waals surface area (Å²) in [5, 5.41) is 11.9. The van der Waals surface area contributed by atoms with Crippen LogP contribution < -0.4 is 0 Å². The van der Waals surface area contributed by atoms with Gasteiger partial charge < -0.3 is 9.52 Å². The summed E-state index contributed by atoms with van der Waals surface area (Å²) in [6.45, 7) is 0. The van der Waals surface area contributed by atoms with E-state index in [4.69, 9.17) is 9.52 Å². The third-order valence-corrected chi connectivity index (χ3v) is 3.95. The average Bonchev–Trinajstić information content (AvgIpc) is 3.10. The average molecular weight is 284 g/mol. The molecule has 0 unspecified atom stereocenters. The monoisotopic (exact) mass is 284 g/mol. The number of aromatic carboxylic acids is 1. The van der Waals surface area contributed by atoms with Crippen LogP contribution in [0.25, 0.3) is 27.4 Å². The molecule has 6 heteroatoms. The van der Waals surface area contributed by atoms with Crippen molar-refractivity contribution < 1.29 is 14.3 Å². The van der Waals surface area contributed by atoms with Crippen LogP contribution in [0.5, 0.6) is 0 Å². The van der Waals surface area contributed by atoms with Gasteiger partial charge in [-0.05, 0) is 12.1 Å². The molecule has 1 aromatic carbocycles. The van der Waals surface area contributed by atoms with Crippen LogP contribution in [-0.4, -0.2) is 20.5 Å². The molecule has 0 radical (unpaired) electrons. The Balaban J connectivity index is 1.94. The number of hydrogen-bond acceptors (Lipinski definition) is 4. The highest BCUT2D eigenvalue weighted by Gasteiger charge is 2.16. The van der Waals surface area contributed by atoms with Gasteiger partial charge in [0, 0.05) is 17.0 Å². The van der Waals surface area contributed by atoms with E-state index in [9.17, 15) is 4.79 Å². The summed E-state index contributed by atoms with van der Waals surface area (Å²) in [7, 11) is 0. The maximum absolute atomic E-state index is 11.0. The molecule has 0 aliphatic carbocycles. The van der Waals surface area contributed by atoms with E-state index in [0.717, 1.165) is 16.7 Å². The molecule has 4 aromatic rings. The van der Waals surface area contributed by atoms with Crippen LogP contribution in [0.2, 0.25) is 0 Å². The van der Waals surface area contributed by atoms with Crippen LogP contribution in [0.4, 0.5) is 0 Å². The number of hydrogen-bond donors (Lipinski definition) is 1. The van der Waals surface area contributed by atoms with Crippen LogP contribution in [0.1, 0.15) is 10.5 Å². The van der Waals surface area contributed by atoms with Crippen LogP contribution in [-0.2, 0) is 0 Å². The summed E-state index contributed by atoms with van der Waals surface area (Å²) in [5.74, 6) is -0.330. The van der Waals surface area contributed by atoms with E-state index in [0.29, 0.717) is 10.7 Å². The summed E-state index contributed by atoms with van der Waals surface area (Å²) in [4.78, 5) is 15.7. The Morgan fingerprint density at radius 3 is 3.00 bits per heavy atom. The third kappa shape index (κ3) is 1.55. The van der Waals surface area contributed by atoms with E-state index in [1.54, 1.807) is 4.40 Å². The fraction of sp³-hybridized carbons (Fsp3) is 0. The molecule has 1 N–H and O–H groups in total. The molecule has 20 heavy (non-hydrogen) atoms. The molecule has 3 aromatic heterocycles. The van der Waals surface area contributed by atoms with E-state index < -0.39 is 5.97 Å². The van der Waals surface area contributed by atoms with Gasteiger partial charge in [-0.15, -0.1) is 11.3 Å². The van der Waals surface area contributed by atoms with Gasteiger partial charge in [-0.25, -0.2) is 9.78 Å². The van der Waals surface area contributed by atoms with Crippen LogP contribution in [0.15, 0.2) is 46.3 Å². The summed E-state index contributed by atoms with van der Waals surface area (Å²) in [5.41, 5.74) is 1.65. The van der Waals surface area contributed by atoms with Crippen LogP contribution in [0, 0.1) is 0 Å². The number of nitrogens with zero attached hydrogens (tertiary/aromatic N) is 2. The molecule has 98 valence electrons. The SMILES string of the molecule is O=C(O)c1cn2c(-c3cc4ccccc4o3)csc2n1. The van der Waals surface area contributed by atoms with E-state index in [-0.39, 0.29) is 5.69 Å². The molecule has 5 nitrogen and oxygen atoms in total. The zero-order chi connectivity index (χ0) is 13.7. The zero-order valence-corrected chi connectivity index (χ0v) is 10.9. The van der Waals surface area contributed by atoms with Crippen molar-refractivity contribution in [2.24, 2.45) is 0 Å². The van der Waals surface area contributed by atoms with Gasteiger partial charge in [-0.1, -0.05) is 18.2 Å². The molecule has 0 fully saturated rings. The lowest BCUT2D eigenvalue weighted by atomic mass is 10.2. The van der Waals surface area contributed by atoms with Gasteiger partial charge in [-0.3, -0.25) is 4.40 Å². The van der Waals surface area contributed by atoms with E-state index in [1.807, 2.05) is 35.7 Å². The van der Waals surface area contributed by atoms with Gasteiger partial charge in [-0.2, -0.15) is 0 Å². The fourth-order valence-electron chi connectivity index (χ4n) is 2.17. The Kier molecular flexibility index (Phi) is 2.22. The first-order chi connectivity index (χ1) is 9.72. The fourth-order valence-corrected chi connectivity index (χ4v) is 3.03. The number of aromatic nitrogens is 2. The van der Waals surface area contributed by atoms with Crippen molar-refractivity contribution in [1.29, 1.82) is 0 Å². The van der Waals surface area contributed by atoms with Crippen molar-refractivity contribution >= 4 is 33.2 Å². The second kappa shape index (κ2) is 3.94. The summed E-state index contributed by atoms with van der Waals surface area (Å²) in [6, 6.07) is 9.68. The van der Waals surface area contributed by atoms with Gasteiger partial charge in [0.2, 0.25) is 0 Å². The van der Waals surface area contributed by atoms with Gasteiger partial charge in [0.25, 0.3) is 0 Å². The highest BCUT2D eigenvalue weighted by molar-refractivity contribution is 7.15. The Hall–Kier alpha value is -2.60. The van der Waals surface area contributed by atoms with Crippen molar-refractivity contribution in [3.05, 3.63) is 47.6 Å². The number of thiazole rings is 1. The lowest BCUT2D eigenvalue weighted by molar-refractivity contribution is 0.0691. The summed E-state index contributed by atoms with van der Waals surface area (Å²) in [6.07, 6.45) is 1.51. The predicted octanol–water partition coefficient (Wildman–Crippen LogP) is 3.51. The number of carboxylic acids is 1. The molecular weight excluding hydrogens is 276 g/mol. The normalized spacial score (nSPS) is 11.4. The topological polar surface area (TPSA) is 67.7 Å². The summed E-state index contributed by atoms with van der Waals surface area (Å²) >= 11 is 1.39. The Labute approximate surface area is 116 Å². The number of benzene rings is 1. The lowest BCUT2D eigenvalue weighted by Gasteiger charge is -1.92. The molecule has 0 aliphatic heterocycles. The smallest absolute Gasteiger partial charge is 0.356 e. The minimum atomic E-state index is -1.03. The molecule has 0 saturated carbocycles. The highest BCUT2D eigenvalue weighted by atomic mass is 32.1. The maximum Gasteiger partial charge on any atom is 0.356 e. The van der Waals surface area contributed by atoms with Gasteiger partial charge >= 0.3 is 5.97 Å². The number of furan rings is 1. The van der Waals surface area contributed by atoms with Gasteiger partial charge in [0.15, 0.2) is 16.4 Å². The Morgan fingerprint density at radius 2 is 2.20 bits per heavy atom. The van der Waals surface area contributed by atoms with Crippen molar-refractivity contribution in [2.75, 3.05) is 0 Å². The van der Waals surface area contributed by atoms with E-state index in [1.165, 1.54) is 17.5 Å². The second-order valence-electron chi connectivity index (χ2n) is 4.35. The highest BCUT2D eigenvalue weighted by Crippen LogP contribution is 2.31. The molecule has 0 atom stereocenters. The van der Waals surface area contributed by atoms with Crippen LogP contribution in [0.3, 0.4) is 0 Å². The molecule has 0 bridgehead atoms. The molecule has 0 amide bonds. The van der Waals surface area contributed by atoms with Crippen molar-refractivity contribution in [2.45, 2.75) is 0 Å². The number of carboxylic acid groups (broad SMARTS) is 1. The zero-order valence-electron chi connectivity index (χ0n) is 10.1. The lowest BCUT2D eigenvalue weighted by Crippen LogP contribution is -1.95. The van der Waals surface area contributed by atoms with Crippen molar-refractivity contribution in [1.82, 2.24) is 9.38 Å². The molecule has 0 spiro atoms. The predicted molar refractivity (Wildman–Crippen MR) is 75.2 cm³/mol. The largest absolute Gasteiger partial charge is 0.476 e. The number of para-hydroxylation sites is 1. The van der Waals surface area contributed by atoms with E-state index in [2.05, 4.69) is 4.98 Å². The minimum Gasteiger partial charge on any atom is -0.476 e. The Bertz CT molecular complexity index is 915. The molecule has 4 rings (SSSR count). The molecular formula is C14H8N2O3S. The molecule has 3 heterocycles. The minimum absolute atomic E-state index is 0.0363. The van der Waals surface area contributed by atoms with E-state index >= 15 is 0 Å². The number of fused-ring (bicyclic) bond motifs is 2. The molecule has 0 saturated heterocycles. The number of carbonyl (C=O) groups is 1.